The van der Waals surface area contributed by atoms with Gasteiger partial charge in [0.15, 0.2) is 0 Å². The molecule has 0 amide bonds. The Morgan fingerprint density at radius 1 is 1.46 bits per heavy atom. The largest absolute Gasteiger partial charge is 0.323 e. The molecule has 0 saturated carbocycles. The average molecular weight is 213 g/mol. The highest BCUT2D eigenvalue weighted by molar-refractivity contribution is 7.05. The molecule has 2 heterocycles. The molecule has 0 bridgehead atoms. The van der Waals surface area contributed by atoms with E-state index in [1.54, 1.807) is 12.4 Å². The van der Waals surface area contributed by atoms with Gasteiger partial charge in [-0.15, -0.1) is 5.10 Å². The van der Waals surface area contributed by atoms with Gasteiger partial charge < -0.3 is 5.73 Å². The van der Waals surface area contributed by atoms with E-state index in [0.717, 1.165) is 10.6 Å². The predicted molar refractivity (Wildman–Crippen MR) is 50.5 cm³/mol. The summed E-state index contributed by atoms with van der Waals surface area (Å²) in [5.41, 5.74) is 6.82. The van der Waals surface area contributed by atoms with Gasteiger partial charge in [-0.3, -0.25) is 0 Å². The molecule has 1 unspecified atom stereocenters. The maximum atomic E-state index is 5.90. The summed E-state index contributed by atoms with van der Waals surface area (Å²) in [5, 5.41) is 3.73. The van der Waals surface area contributed by atoms with Gasteiger partial charge in [0.1, 0.15) is 0 Å². The van der Waals surface area contributed by atoms with Crippen LogP contribution in [-0.2, 0) is 6.42 Å². The molecule has 0 aliphatic carbocycles. The van der Waals surface area contributed by atoms with Crippen LogP contribution in [0.25, 0.3) is 0 Å². The zero-order valence-electron chi connectivity index (χ0n) is 6.62. The summed E-state index contributed by atoms with van der Waals surface area (Å²) in [6.45, 7) is 0. The second-order valence-electron chi connectivity index (χ2n) is 2.53. The Bertz CT molecular complexity index is 343. The zero-order valence-corrected chi connectivity index (χ0v) is 8.25. The summed E-state index contributed by atoms with van der Waals surface area (Å²) in [4.78, 5) is 0.980. The molecular formula is C6H7N5S2. The molecule has 0 aromatic carbocycles. The quantitative estimate of drug-likeness (QED) is 0.809. The maximum absolute atomic E-state index is 5.90. The maximum Gasteiger partial charge on any atom is 0.0762 e. The van der Waals surface area contributed by atoms with Crippen LogP contribution in [0.1, 0.15) is 16.6 Å². The van der Waals surface area contributed by atoms with E-state index in [9.17, 15) is 0 Å². The van der Waals surface area contributed by atoms with Gasteiger partial charge in [-0.25, -0.2) is 0 Å². The van der Waals surface area contributed by atoms with Gasteiger partial charge in [0.2, 0.25) is 0 Å². The van der Waals surface area contributed by atoms with Crippen LogP contribution in [-0.4, -0.2) is 18.3 Å². The number of rotatable bonds is 3. The van der Waals surface area contributed by atoms with Crippen molar-refractivity contribution in [3.63, 3.8) is 0 Å². The first kappa shape index (κ1) is 8.67. The van der Waals surface area contributed by atoms with Crippen molar-refractivity contribution in [2.24, 2.45) is 5.73 Å². The normalized spacial score (nSPS) is 13.0. The Hall–Kier alpha value is -0.920. The van der Waals surface area contributed by atoms with Gasteiger partial charge >= 0.3 is 0 Å². The summed E-state index contributed by atoms with van der Waals surface area (Å²) in [6.07, 6.45) is 4.12. The topological polar surface area (TPSA) is 77.6 Å². The fraction of sp³-hybridized carbons (Fsp3) is 0.333. The second-order valence-corrected chi connectivity index (χ2v) is 3.90. The summed E-state index contributed by atoms with van der Waals surface area (Å²) >= 11 is 2.52. The fourth-order valence-electron chi connectivity index (χ4n) is 0.938. The van der Waals surface area contributed by atoms with Crippen LogP contribution in [0, 0.1) is 0 Å². The van der Waals surface area contributed by atoms with Gasteiger partial charge in [-0.05, 0) is 11.5 Å². The standard InChI is InChI=1S/C6H7N5S2/c7-5(6-3-8-11-12-6)1-4-2-9-13-10-4/h2-3,5H,1,7H2. The fourth-order valence-corrected chi connectivity index (χ4v) is 1.88. The van der Waals surface area contributed by atoms with Crippen LogP contribution in [0.3, 0.4) is 0 Å². The molecule has 2 aromatic rings. The van der Waals surface area contributed by atoms with Crippen LogP contribution in [0.2, 0.25) is 0 Å². The van der Waals surface area contributed by atoms with Gasteiger partial charge in [0.05, 0.1) is 34.7 Å². The monoisotopic (exact) mass is 213 g/mol. The van der Waals surface area contributed by atoms with Crippen molar-refractivity contribution in [2.75, 3.05) is 0 Å². The molecule has 7 heteroatoms. The lowest BCUT2D eigenvalue weighted by Crippen LogP contribution is -2.11. The molecule has 13 heavy (non-hydrogen) atoms. The first-order chi connectivity index (χ1) is 6.36. The SMILES string of the molecule is NC(Cc1cnsn1)c1cnns1. The van der Waals surface area contributed by atoms with E-state index < -0.39 is 0 Å². The lowest BCUT2D eigenvalue weighted by molar-refractivity contribution is 0.723. The molecule has 0 aliphatic rings. The Balaban J connectivity index is 2.04. The van der Waals surface area contributed by atoms with Crippen molar-refractivity contribution >= 4 is 23.3 Å². The Morgan fingerprint density at radius 2 is 2.38 bits per heavy atom. The lowest BCUT2D eigenvalue weighted by Gasteiger charge is -2.03. The van der Waals surface area contributed by atoms with Gasteiger partial charge in [0, 0.05) is 12.5 Å². The number of nitrogens with two attached hydrogens (primary N) is 1. The van der Waals surface area contributed by atoms with E-state index in [4.69, 9.17) is 5.73 Å². The molecule has 2 N–H and O–H groups in total. The predicted octanol–water partition coefficient (Wildman–Crippen LogP) is 0.632. The molecule has 0 spiro atoms. The molecule has 5 nitrogen and oxygen atoms in total. The molecule has 1 atom stereocenters. The van der Waals surface area contributed by atoms with E-state index >= 15 is 0 Å². The average Bonchev–Trinajstić information content (AvgIpc) is 2.74. The highest BCUT2D eigenvalue weighted by atomic mass is 32.1. The van der Waals surface area contributed by atoms with E-state index in [1.165, 1.54) is 23.3 Å². The third-order valence-corrected chi connectivity index (χ3v) is 2.89. The van der Waals surface area contributed by atoms with Gasteiger partial charge in [0.25, 0.3) is 0 Å². The van der Waals surface area contributed by atoms with Crippen molar-refractivity contribution in [1.82, 2.24) is 18.3 Å². The molecule has 0 fully saturated rings. The van der Waals surface area contributed by atoms with E-state index in [1.807, 2.05) is 0 Å². The van der Waals surface area contributed by atoms with Crippen LogP contribution in [0.15, 0.2) is 12.4 Å². The highest BCUT2D eigenvalue weighted by Gasteiger charge is 2.10. The van der Waals surface area contributed by atoms with Crippen molar-refractivity contribution in [3.8, 4) is 0 Å². The third kappa shape index (κ3) is 2.06. The molecular weight excluding hydrogens is 206 g/mol. The van der Waals surface area contributed by atoms with Crippen LogP contribution in [0.4, 0.5) is 0 Å². The third-order valence-electron chi connectivity index (χ3n) is 1.58. The van der Waals surface area contributed by atoms with Crippen molar-refractivity contribution < 1.29 is 0 Å². The van der Waals surface area contributed by atoms with Crippen molar-refractivity contribution in [2.45, 2.75) is 12.5 Å². The van der Waals surface area contributed by atoms with E-state index in [2.05, 4.69) is 18.3 Å². The zero-order chi connectivity index (χ0) is 9.10. The number of hydrogen-bond acceptors (Lipinski definition) is 7. The van der Waals surface area contributed by atoms with Crippen LogP contribution in [0.5, 0.6) is 0 Å². The lowest BCUT2D eigenvalue weighted by atomic mass is 10.1. The summed E-state index contributed by atoms with van der Waals surface area (Å²) in [7, 11) is 0. The van der Waals surface area contributed by atoms with Crippen LogP contribution < -0.4 is 5.73 Å². The Kier molecular flexibility index (Phi) is 2.57. The van der Waals surface area contributed by atoms with Crippen molar-refractivity contribution in [1.29, 1.82) is 0 Å². The first-order valence-corrected chi connectivity index (χ1v) is 5.16. The van der Waals surface area contributed by atoms with Gasteiger partial charge in [-0.1, -0.05) is 4.49 Å². The minimum Gasteiger partial charge on any atom is -0.323 e. The molecule has 2 rings (SSSR count). The van der Waals surface area contributed by atoms with Crippen molar-refractivity contribution in [3.05, 3.63) is 23.0 Å². The number of aromatic nitrogens is 4. The minimum atomic E-state index is -0.0658. The molecule has 0 aliphatic heterocycles. The minimum absolute atomic E-state index is 0.0658. The number of hydrogen-bond donors (Lipinski definition) is 1. The van der Waals surface area contributed by atoms with E-state index in [0.29, 0.717) is 6.42 Å². The molecule has 68 valence electrons. The summed E-state index contributed by atoms with van der Waals surface area (Å²) in [6, 6.07) is -0.0658. The first-order valence-electron chi connectivity index (χ1n) is 3.65. The Morgan fingerprint density at radius 3 is 3.00 bits per heavy atom. The smallest absolute Gasteiger partial charge is 0.0762 e. The summed E-state index contributed by atoms with van der Waals surface area (Å²) in [5.74, 6) is 0. The Labute approximate surface area is 83.1 Å². The molecule has 2 aromatic heterocycles. The summed E-state index contributed by atoms with van der Waals surface area (Å²) < 4.78 is 11.7. The van der Waals surface area contributed by atoms with Gasteiger partial charge in [-0.2, -0.15) is 8.75 Å². The second kappa shape index (κ2) is 3.86. The van der Waals surface area contributed by atoms with Crippen LogP contribution >= 0.6 is 23.3 Å². The highest BCUT2D eigenvalue weighted by Crippen LogP contribution is 2.16. The number of nitrogens with zero attached hydrogens (tertiary/aromatic N) is 4. The molecule has 0 radical (unpaired) electrons. The van der Waals surface area contributed by atoms with E-state index in [-0.39, 0.29) is 6.04 Å². The molecule has 0 saturated heterocycles.